The molecule has 0 bridgehead atoms. The molecule has 0 radical (unpaired) electrons. The molecule has 0 saturated heterocycles. The van der Waals surface area contributed by atoms with Crippen molar-refractivity contribution < 1.29 is 4.79 Å². The predicted octanol–water partition coefficient (Wildman–Crippen LogP) is 4.75. The maximum absolute atomic E-state index is 12.0. The minimum absolute atomic E-state index is 0.0457. The van der Waals surface area contributed by atoms with Gasteiger partial charge in [0.15, 0.2) is 5.16 Å². The maximum Gasteiger partial charge on any atom is 0.224 e. The number of amides is 1. The minimum Gasteiger partial charge on any atom is -0.326 e. The summed E-state index contributed by atoms with van der Waals surface area (Å²) in [5.41, 5.74) is 0.811. The fourth-order valence-electron chi connectivity index (χ4n) is 2.21. The molecule has 3 rings (SSSR count). The standard InChI is InChI=1S/C17H17BrN4OS2/c1-22-11-19-21-17(22)25-14-7-5-12(6-8-14)20-16(23)4-2-3-13-9-10-15(18)24-13/h5-11H,2-4H2,1H3,(H,20,23). The van der Waals surface area contributed by atoms with Gasteiger partial charge in [-0.1, -0.05) is 0 Å². The van der Waals surface area contributed by atoms with E-state index < -0.39 is 0 Å². The molecule has 5 nitrogen and oxygen atoms in total. The first-order valence-corrected chi connectivity index (χ1v) is 10.2. The number of hydrogen-bond acceptors (Lipinski definition) is 5. The summed E-state index contributed by atoms with van der Waals surface area (Å²) >= 11 is 6.71. The maximum atomic E-state index is 12.0. The summed E-state index contributed by atoms with van der Waals surface area (Å²) in [7, 11) is 1.91. The number of carbonyl (C=O) groups is 1. The molecule has 25 heavy (non-hydrogen) atoms. The molecule has 1 N–H and O–H groups in total. The van der Waals surface area contributed by atoms with Crippen LogP contribution in [0, 0.1) is 0 Å². The van der Waals surface area contributed by atoms with Crippen molar-refractivity contribution in [2.75, 3.05) is 5.32 Å². The zero-order valence-electron chi connectivity index (χ0n) is 13.6. The quantitative estimate of drug-likeness (QED) is 0.580. The first kappa shape index (κ1) is 18.2. The van der Waals surface area contributed by atoms with Crippen molar-refractivity contribution in [1.82, 2.24) is 14.8 Å². The van der Waals surface area contributed by atoms with E-state index in [-0.39, 0.29) is 5.91 Å². The lowest BCUT2D eigenvalue weighted by atomic mass is 10.2. The SMILES string of the molecule is Cn1cnnc1Sc1ccc(NC(=O)CCCc2ccc(Br)s2)cc1. The van der Waals surface area contributed by atoms with E-state index in [2.05, 4.69) is 37.5 Å². The smallest absolute Gasteiger partial charge is 0.224 e. The summed E-state index contributed by atoms with van der Waals surface area (Å²) in [6.45, 7) is 0. The molecular weight excluding hydrogens is 420 g/mol. The molecule has 130 valence electrons. The average molecular weight is 437 g/mol. The normalized spacial score (nSPS) is 10.8. The molecule has 0 aliphatic heterocycles. The van der Waals surface area contributed by atoms with E-state index in [0.717, 1.165) is 32.4 Å². The highest BCUT2D eigenvalue weighted by Gasteiger charge is 2.06. The lowest BCUT2D eigenvalue weighted by molar-refractivity contribution is -0.116. The van der Waals surface area contributed by atoms with E-state index >= 15 is 0 Å². The van der Waals surface area contributed by atoms with Crippen LogP contribution in [0.3, 0.4) is 0 Å². The van der Waals surface area contributed by atoms with Gasteiger partial charge in [0.05, 0.1) is 3.79 Å². The van der Waals surface area contributed by atoms with Gasteiger partial charge in [0.1, 0.15) is 6.33 Å². The Kier molecular flexibility index (Phi) is 6.28. The van der Waals surface area contributed by atoms with Crippen LogP contribution < -0.4 is 5.32 Å². The number of carbonyl (C=O) groups excluding carboxylic acids is 1. The van der Waals surface area contributed by atoms with E-state index in [1.165, 1.54) is 16.6 Å². The van der Waals surface area contributed by atoms with Gasteiger partial charge >= 0.3 is 0 Å². The highest BCUT2D eigenvalue weighted by Crippen LogP contribution is 2.26. The summed E-state index contributed by atoms with van der Waals surface area (Å²) < 4.78 is 3.00. The first-order valence-electron chi connectivity index (χ1n) is 7.76. The van der Waals surface area contributed by atoms with E-state index in [9.17, 15) is 4.79 Å². The zero-order chi connectivity index (χ0) is 17.6. The van der Waals surface area contributed by atoms with Gasteiger partial charge in [-0.3, -0.25) is 4.79 Å². The fourth-order valence-corrected chi connectivity index (χ4v) is 4.50. The Morgan fingerprint density at radius 1 is 1.28 bits per heavy atom. The summed E-state index contributed by atoms with van der Waals surface area (Å²) in [6, 6.07) is 11.9. The van der Waals surface area contributed by atoms with Crippen LogP contribution in [0.15, 0.2) is 56.6 Å². The third-order valence-electron chi connectivity index (χ3n) is 3.47. The Hall–Kier alpha value is -1.64. The number of benzene rings is 1. The number of aryl methyl sites for hydroxylation is 2. The van der Waals surface area contributed by atoms with Gasteiger partial charge in [0, 0.05) is 28.9 Å². The van der Waals surface area contributed by atoms with Gasteiger partial charge in [-0.15, -0.1) is 21.5 Å². The molecule has 0 unspecified atom stereocenters. The number of rotatable bonds is 7. The number of aromatic nitrogens is 3. The number of hydrogen-bond donors (Lipinski definition) is 1. The van der Waals surface area contributed by atoms with E-state index in [0.29, 0.717) is 6.42 Å². The summed E-state index contributed by atoms with van der Waals surface area (Å²) in [5.74, 6) is 0.0457. The highest BCUT2D eigenvalue weighted by molar-refractivity contribution is 9.11. The number of nitrogens with one attached hydrogen (secondary N) is 1. The van der Waals surface area contributed by atoms with Crippen LogP contribution in [0.25, 0.3) is 0 Å². The first-order chi connectivity index (χ1) is 12.1. The summed E-state index contributed by atoms with van der Waals surface area (Å²) in [6.07, 6.45) is 3.96. The number of anilines is 1. The zero-order valence-corrected chi connectivity index (χ0v) is 16.8. The molecule has 0 aliphatic carbocycles. The van der Waals surface area contributed by atoms with Gasteiger partial charge in [-0.25, -0.2) is 0 Å². The molecule has 0 atom stereocenters. The lowest BCUT2D eigenvalue weighted by Crippen LogP contribution is -2.11. The largest absolute Gasteiger partial charge is 0.326 e. The Bertz CT molecular complexity index is 844. The second kappa shape index (κ2) is 8.64. The van der Waals surface area contributed by atoms with Crippen molar-refractivity contribution >= 4 is 50.6 Å². The van der Waals surface area contributed by atoms with Crippen molar-refractivity contribution in [3.63, 3.8) is 0 Å². The second-order valence-corrected chi connectivity index (χ2v) is 9.05. The van der Waals surface area contributed by atoms with Crippen molar-refractivity contribution in [1.29, 1.82) is 0 Å². The molecule has 2 aromatic heterocycles. The van der Waals surface area contributed by atoms with Crippen LogP contribution in [-0.4, -0.2) is 20.7 Å². The Labute approximate surface area is 163 Å². The highest BCUT2D eigenvalue weighted by atomic mass is 79.9. The van der Waals surface area contributed by atoms with E-state index in [1.807, 2.05) is 41.9 Å². The van der Waals surface area contributed by atoms with Crippen molar-refractivity contribution in [2.24, 2.45) is 7.05 Å². The topological polar surface area (TPSA) is 59.8 Å². The van der Waals surface area contributed by atoms with Gasteiger partial charge in [0.25, 0.3) is 0 Å². The Morgan fingerprint density at radius 2 is 2.08 bits per heavy atom. The number of thiophene rings is 1. The fraction of sp³-hybridized carbons (Fsp3) is 0.235. The minimum atomic E-state index is 0.0457. The molecule has 0 fully saturated rings. The lowest BCUT2D eigenvalue weighted by Gasteiger charge is -2.06. The van der Waals surface area contributed by atoms with Gasteiger partial charge in [-0.2, -0.15) is 0 Å². The van der Waals surface area contributed by atoms with E-state index in [4.69, 9.17) is 0 Å². The van der Waals surface area contributed by atoms with Crippen LogP contribution in [0.1, 0.15) is 17.7 Å². The summed E-state index contributed by atoms with van der Waals surface area (Å²) in [5, 5.41) is 11.7. The molecule has 0 aliphatic rings. The van der Waals surface area contributed by atoms with Gasteiger partial charge in [0.2, 0.25) is 5.91 Å². The predicted molar refractivity (Wildman–Crippen MR) is 105 cm³/mol. The third kappa shape index (κ3) is 5.42. The van der Waals surface area contributed by atoms with Crippen molar-refractivity contribution in [2.45, 2.75) is 29.3 Å². The Balaban J connectivity index is 1.46. The van der Waals surface area contributed by atoms with E-state index in [1.54, 1.807) is 17.7 Å². The number of halogens is 1. The van der Waals surface area contributed by atoms with Gasteiger partial charge in [-0.05, 0) is 76.9 Å². The molecule has 2 heterocycles. The van der Waals surface area contributed by atoms with Crippen molar-refractivity contribution in [3.05, 3.63) is 51.4 Å². The monoisotopic (exact) mass is 436 g/mol. The number of nitrogens with zero attached hydrogens (tertiary/aromatic N) is 3. The van der Waals surface area contributed by atoms with Crippen LogP contribution >= 0.6 is 39.0 Å². The molecule has 8 heteroatoms. The van der Waals surface area contributed by atoms with Crippen LogP contribution in [0.4, 0.5) is 5.69 Å². The Morgan fingerprint density at radius 3 is 2.72 bits per heavy atom. The van der Waals surface area contributed by atoms with Crippen LogP contribution in [0.2, 0.25) is 0 Å². The molecule has 1 amide bonds. The molecule has 3 aromatic rings. The second-order valence-electron chi connectivity index (χ2n) is 5.46. The average Bonchev–Trinajstić information content (AvgIpc) is 3.18. The molecule has 0 saturated carbocycles. The third-order valence-corrected chi connectivity index (χ3v) is 6.22. The summed E-state index contributed by atoms with van der Waals surface area (Å²) in [4.78, 5) is 14.4. The van der Waals surface area contributed by atoms with Gasteiger partial charge < -0.3 is 9.88 Å². The molecular formula is C17H17BrN4OS2. The van der Waals surface area contributed by atoms with Crippen LogP contribution in [-0.2, 0) is 18.3 Å². The van der Waals surface area contributed by atoms with Crippen LogP contribution in [0.5, 0.6) is 0 Å². The van der Waals surface area contributed by atoms with Crippen molar-refractivity contribution in [3.8, 4) is 0 Å². The molecule has 0 spiro atoms. The molecule has 1 aromatic carbocycles.